The number of hydrogen-bond donors (Lipinski definition) is 2. The van der Waals surface area contributed by atoms with Crippen molar-refractivity contribution < 1.29 is 10.0 Å². The summed E-state index contributed by atoms with van der Waals surface area (Å²) in [6.07, 6.45) is 11.0. The lowest BCUT2D eigenvalue weighted by Gasteiger charge is -2.19. The van der Waals surface area contributed by atoms with E-state index in [1.807, 2.05) is 24.3 Å². The van der Waals surface area contributed by atoms with Crippen LogP contribution in [0.3, 0.4) is 0 Å². The Morgan fingerprint density at radius 3 is 1.22 bits per heavy atom. The topological polar surface area (TPSA) is 40.5 Å². The largest absolute Gasteiger partial charge is 0.488 e. The Labute approximate surface area is 363 Å². The van der Waals surface area contributed by atoms with Gasteiger partial charge in [-0.15, -0.1) is 0 Å². The molecule has 0 aromatic heterocycles. The van der Waals surface area contributed by atoms with Gasteiger partial charge in [0.05, 0.1) is 8.07 Å². The zero-order valence-electron chi connectivity index (χ0n) is 34.6. The highest BCUT2D eigenvalue weighted by atomic mass is 35.5. The van der Waals surface area contributed by atoms with E-state index in [4.69, 9.17) is 34.8 Å². The first kappa shape index (κ1) is 44.0. The average molecular weight is 846 g/mol. The van der Waals surface area contributed by atoms with Crippen LogP contribution in [-0.2, 0) is 12.8 Å². The molecular weight excluding hydrogens is 790 g/mol. The zero-order chi connectivity index (χ0) is 41.4. The fourth-order valence-electron chi connectivity index (χ4n) is 7.89. The molecule has 300 valence electrons. The van der Waals surface area contributed by atoms with Crippen molar-refractivity contribution in [1.82, 2.24) is 0 Å². The summed E-state index contributed by atoms with van der Waals surface area (Å²) in [5.74, 6) is 0. The molecular formula is C51H56BCl3O2Si. The Bertz CT molecular complexity index is 2310. The summed E-state index contributed by atoms with van der Waals surface area (Å²) in [7, 11) is -2.99. The first-order chi connectivity index (χ1) is 27.8. The van der Waals surface area contributed by atoms with Gasteiger partial charge < -0.3 is 10.0 Å². The Morgan fingerprint density at radius 1 is 0.431 bits per heavy atom. The van der Waals surface area contributed by atoms with E-state index in [0.717, 1.165) is 88.6 Å². The highest BCUT2D eigenvalue weighted by Crippen LogP contribution is 2.39. The third kappa shape index (κ3) is 11.4. The maximum absolute atomic E-state index is 10.1. The smallest absolute Gasteiger partial charge is 0.423 e. The van der Waals surface area contributed by atoms with Crippen LogP contribution in [0.2, 0.25) is 34.7 Å². The maximum atomic E-state index is 10.1. The summed E-state index contributed by atoms with van der Waals surface area (Å²) in [4.78, 5) is 0. The minimum atomic E-state index is -1.60. The Kier molecular flexibility index (Phi) is 15.2. The molecule has 6 rings (SSSR count). The van der Waals surface area contributed by atoms with Crippen molar-refractivity contribution >= 4 is 60.6 Å². The SMILES string of the molecule is CCCCCCc1cc(-c2cc(Cl)cc(-c3ccc(-c4cc(Cl)cc(-c5ccc([Si](C)(C)C)cc5)c4)cc3)c2)c(CCCCCC)cc1-c1cc(Cl)cc(B(O)O)c1. The van der Waals surface area contributed by atoms with Crippen LogP contribution in [0.5, 0.6) is 0 Å². The Balaban J connectivity index is 1.38. The standard InChI is InChI=1S/C51H56BCl3O2Si/c1-6-8-10-12-14-38-33-51(44-26-45(52(56)57)34-48(55)31-44)39(15-13-11-9-7-2)32-50(38)43-25-42(29-47(54)30-43)36-18-16-35(17-19-36)40-24-41(28-46(53)27-40)37-20-22-49(23-21-37)58(3,4)5/h16-34,56-57H,6-15H2,1-5H3. The second-order valence-corrected chi connectivity index (χ2v) is 23.2. The molecule has 0 atom stereocenters. The number of unbranched alkanes of at least 4 members (excludes halogenated alkanes) is 6. The molecule has 6 aromatic carbocycles. The molecule has 58 heavy (non-hydrogen) atoms. The molecule has 0 saturated carbocycles. The zero-order valence-corrected chi connectivity index (χ0v) is 37.9. The van der Waals surface area contributed by atoms with Crippen LogP contribution in [-0.4, -0.2) is 25.2 Å². The van der Waals surface area contributed by atoms with Gasteiger partial charge in [0.1, 0.15) is 0 Å². The van der Waals surface area contributed by atoms with Gasteiger partial charge in [-0.1, -0.05) is 179 Å². The molecule has 0 bridgehead atoms. The molecule has 0 saturated heterocycles. The van der Waals surface area contributed by atoms with Gasteiger partial charge in [-0.2, -0.15) is 0 Å². The molecule has 0 spiro atoms. The van der Waals surface area contributed by atoms with Gasteiger partial charge in [0, 0.05) is 15.1 Å². The lowest BCUT2D eigenvalue weighted by atomic mass is 9.78. The Morgan fingerprint density at radius 2 is 0.810 bits per heavy atom. The van der Waals surface area contributed by atoms with Gasteiger partial charge in [0.25, 0.3) is 0 Å². The van der Waals surface area contributed by atoms with Crippen molar-refractivity contribution in [2.24, 2.45) is 0 Å². The number of aryl methyl sites for hydroxylation is 2. The second-order valence-electron chi connectivity index (χ2n) is 16.8. The molecule has 0 radical (unpaired) electrons. The van der Waals surface area contributed by atoms with Gasteiger partial charge in [0.15, 0.2) is 0 Å². The van der Waals surface area contributed by atoms with E-state index in [9.17, 15) is 10.0 Å². The summed E-state index contributed by atoms with van der Waals surface area (Å²) >= 11 is 20.3. The molecule has 0 heterocycles. The highest BCUT2D eigenvalue weighted by molar-refractivity contribution is 6.88. The molecule has 0 aliphatic rings. The van der Waals surface area contributed by atoms with Gasteiger partial charge in [0.2, 0.25) is 0 Å². The highest BCUT2D eigenvalue weighted by Gasteiger charge is 2.19. The summed E-state index contributed by atoms with van der Waals surface area (Å²) in [5, 5.41) is 23.5. The summed E-state index contributed by atoms with van der Waals surface area (Å²) in [6.45, 7) is 11.6. The molecule has 7 heteroatoms. The lowest BCUT2D eigenvalue weighted by molar-refractivity contribution is 0.426. The van der Waals surface area contributed by atoms with E-state index in [1.165, 1.54) is 47.6 Å². The van der Waals surface area contributed by atoms with Crippen molar-refractivity contribution in [2.75, 3.05) is 0 Å². The second kappa shape index (κ2) is 20.1. The average Bonchev–Trinajstić information content (AvgIpc) is 3.20. The first-order valence-electron chi connectivity index (χ1n) is 21.0. The van der Waals surface area contributed by atoms with Crippen molar-refractivity contribution in [3.8, 4) is 55.6 Å². The van der Waals surface area contributed by atoms with Crippen molar-refractivity contribution in [3.63, 3.8) is 0 Å². The molecule has 2 nitrogen and oxygen atoms in total. The third-order valence-electron chi connectivity index (χ3n) is 11.2. The molecule has 0 aliphatic carbocycles. The van der Waals surface area contributed by atoms with E-state index >= 15 is 0 Å². The van der Waals surface area contributed by atoms with Crippen LogP contribution < -0.4 is 10.6 Å². The van der Waals surface area contributed by atoms with Gasteiger partial charge in [-0.05, 0) is 146 Å². The molecule has 6 aromatic rings. The van der Waals surface area contributed by atoms with E-state index in [-0.39, 0.29) is 0 Å². The summed E-state index contributed by atoms with van der Waals surface area (Å²) in [6, 6.07) is 40.5. The van der Waals surface area contributed by atoms with Crippen LogP contribution in [0.1, 0.15) is 76.3 Å². The minimum Gasteiger partial charge on any atom is -0.423 e. The van der Waals surface area contributed by atoms with Crippen molar-refractivity contribution in [2.45, 2.75) is 97.7 Å². The van der Waals surface area contributed by atoms with E-state index in [2.05, 4.69) is 118 Å². The van der Waals surface area contributed by atoms with Crippen LogP contribution in [0.4, 0.5) is 0 Å². The van der Waals surface area contributed by atoms with Crippen molar-refractivity contribution in [3.05, 3.63) is 141 Å². The predicted octanol–water partition coefficient (Wildman–Crippen LogP) is 14.5. The molecule has 0 fully saturated rings. The first-order valence-corrected chi connectivity index (χ1v) is 25.6. The van der Waals surface area contributed by atoms with E-state index in [0.29, 0.717) is 20.5 Å². The van der Waals surface area contributed by atoms with Crippen LogP contribution in [0.15, 0.2) is 115 Å². The quantitative estimate of drug-likeness (QED) is 0.0709. The van der Waals surface area contributed by atoms with Gasteiger partial charge >= 0.3 is 7.12 Å². The molecule has 0 unspecified atom stereocenters. The molecule has 2 N–H and O–H groups in total. The van der Waals surface area contributed by atoms with E-state index in [1.54, 1.807) is 6.07 Å². The van der Waals surface area contributed by atoms with Gasteiger partial charge in [-0.3, -0.25) is 0 Å². The monoisotopic (exact) mass is 844 g/mol. The molecule has 0 aliphatic heterocycles. The minimum absolute atomic E-state index is 0.390. The lowest BCUT2D eigenvalue weighted by Crippen LogP contribution is -2.37. The number of benzene rings is 6. The van der Waals surface area contributed by atoms with Gasteiger partial charge in [-0.25, -0.2) is 0 Å². The number of hydrogen-bond acceptors (Lipinski definition) is 2. The fraction of sp³-hybridized carbons (Fsp3) is 0.294. The van der Waals surface area contributed by atoms with E-state index < -0.39 is 15.2 Å². The van der Waals surface area contributed by atoms with Crippen LogP contribution in [0.25, 0.3) is 55.6 Å². The summed E-state index contributed by atoms with van der Waals surface area (Å²) < 4.78 is 0. The number of halogens is 3. The van der Waals surface area contributed by atoms with Crippen molar-refractivity contribution in [1.29, 1.82) is 0 Å². The maximum Gasteiger partial charge on any atom is 0.488 e. The van der Waals surface area contributed by atoms with Crippen LogP contribution in [0, 0.1) is 0 Å². The number of rotatable bonds is 17. The third-order valence-corrected chi connectivity index (χ3v) is 13.9. The molecule has 0 amide bonds. The fourth-order valence-corrected chi connectivity index (χ4v) is 9.77. The normalized spacial score (nSPS) is 11.6. The predicted molar refractivity (Wildman–Crippen MR) is 257 cm³/mol. The summed E-state index contributed by atoms with van der Waals surface area (Å²) in [5.41, 5.74) is 13.8. The Hall–Kier alpha value is -3.61. The van der Waals surface area contributed by atoms with Crippen LogP contribution >= 0.6 is 34.8 Å².